The van der Waals surface area contributed by atoms with Crippen molar-refractivity contribution in [1.82, 2.24) is 9.71 Å². The lowest BCUT2D eigenvalue weighted by atomic mass is 10.3. The lowest BCUT2D eigenvalue weighted by molar-refractivity contribution is 0.0698. The smallest absolute Gasteiger partial charge is 0.347 e. The maximum atomic E-state index is 12.5. The van der Waals surface area contributed by atoms with Crippen molar-refractivity contribution in [3.05, 3.63) is 32.4 Å². The lowest BCUT2D eigenvalue weighted by Gasteiger charge is -2.15. The summed E-state index contributed by atoms with van der Waals surface area (Å²) in [7, 11) is -3.91. The molecular formula is C12H14N2O4S3. The minimum Gasteiger partial charge on any atom is -0.477 e. The van der Waals surface area contributed by atoms with Crippen LogP contribution in [-0.2, 0) is 10.0 Å². The third-order valence-electron chi connectivity index (χ3n) is 2.84. The first kappa shape index (κ1) is 16.1. The molecule has 2 heterocycles. The number of nitrogens with zero attached hydrogens (tertiary/aromatic N) is 1. The number of rotatable bonds is 6. The molecule has 0 aliphatic carbocycles. The Balaban J connectivity index is 2.39. The number of carboxylic acids is 1. The van der Waals surface area contributed by atoms with Crippen LogP contribution in [0, 0.1) is 6.92 Å². The van der Waals surface area contributed by atoms with Gasteiger partial charge in [0.25, 0.3) is 0 Å². The zero-order valence-electron chi connectivity index (χ0n) is 11.4. The molecular weight excluding hydrogens is 332 g/mol. The lowest BCUT2D eigenvalue weighted by Crippen LogP contribution is -2.29. The molecule has 0 bridgehead atoms. The van der Waals surface area contributed by atoms with Crippen LogP contribution in [0.25, 0.3) is 0 Å². The van der Waals surface area contributed by atoms with Crippen LogP contribution in [0.5, 0.6) is 0 Å². The molecule has 0 aliphatic rings. The summed E-state index contributed by atoms with van der Waals surface area (Å²) in [6, 6.07) is -0.462. The van der Waals surface area contributed by atoms with E-state index in [1.165, 1.54) is 16.7 Å². The molecule has 1 atom stereocenters. The molecule has 114 valence electrons. The van der Waals surface area contributed by atoms with E-state index in [9.17, 15) is 13.2 Å². The Morgan fingerprint density at radius 1 is 1.48 bits per heavy atom. The van der Waals surface area contributed by atoms with Gasteiger partial charge in [0.2, 0.25) is 10.0 Å². The van der Waals surface area contributed by atoms with Crippen LogP contribution in [-0.4, -0.2) is 24.5 Å². The molecule has 0 saturated carbocycles. The van der Waals surface area contributed by atoms with Crippen molar-refractivity contribution in [3.8, 4) is 0 Å². The second-order valence-corrected chi connectivity index (χ2v) is 7.79. The van der Waals surface area contributed by atoms with Gasteiger partial charge in [-0.05, 0) is 24.3 Å². The van der Waals surface area contributed by atoms with Crippen molar-refractivity contribution in [1.29, 1.82) is 0 Å². The monoisotopic (exact) mass is 346 g/mol. The van der Waals surface area contributed by atoms with Gasteiger partial charge in [0.1, 0.15) is 14.8 Å². The summed E-state index contributed by atoms with van der Waals surface area (Å²) in [5.41, 5.74) is 0.430. The van der Waals surface area contributed by atoms with Gasteiger partial charge >= 0.3 is 5.97 Å². The van der Waals surface area contributed by atoms with Crippen LogP contribution in [0.4, 0.5) is 0 Å². The zero-order valence-corrected chi connectivity index (χ0v) is 13.8. The van der Waals surface area contributed by atoms with Gasteiger partial charge < -0.3 is 5.11 Å². The Kier molecular flexibility index (Phi) is 4.77. The molecule has 0 amide bonds. The predicted octanol–water partition coefficient (Wildman–Crippen LogP) is 2.64. The summed E-state index contributed by atoms with van der Waals surface area (Å²) in [4.78, 5) is 15.0. The molecule has 2 rings (SSSR count). The average Bonchev–Trinajstić information content (AvgIpc) is 3.04. The Labute approximate surface area is 130 Å². The van der Waals surface area contributed by atoms with Crippen molar-refractivity contribution in [2.45, 2.75) is 31.2 Å². The van der Waals surface area contributed by atoms with Crippen molar-refractivity contribution in [2.75, 3.05) is 0 Å². The topological polar surface area (TPSA) is 96.4 Å². The molecule has 0 saturated heterocycles. The first-order valence-electron chi connectivity index (χ1n) is 6.10. The van der Waals surface area contributed by atoms with E-state index in [-0.39, 0.29) is 9.77 Å². The molecule has 21 heavy (non-hydrogen) atoms. The summed E-state index contributed by atoms with van der Waals surface area (Å²) >= 11 is 2.27. The molecule has 2 N–H and O–H groups in total. The number of aromatic nitrogens is 1. The number of sulfonamides is 1. The number of nitrogens with one attached hydrogen (secondary N) is 1. The minimum absolute atomic E-state index is 0.157. The Hall–Kier alpha value is -1.29. The Morgan fingerprint density at radius 2 is 2.19 bits per heavy atom. The third kappa shape index (κ3) is 3.31. The summed E-state index contributed by atoms with van der Waals surface area (Å²) in [5.74, 6) is -1.24. The molecule has 0 spiro atoms. The van der Waals surface area contributed by atoms with E-state index in [0.29, 0.717) is 17.0 Å². The molecule has 0 fully saturated rings. The molecule has 1 unspecified atom stereocenters. The molecule has 2 aromatic rings. The number of hydrogen-bond acceptors (Lipinski definition) is 6. The molecule has 0 radical (unpaired) electrons. The van der Waals surface area contributed by atoms with Crippen molar-refractivity contribution in [2.24, 2.45) is 0 Å². The molecule has 2 aromatic heterocycles. The maximum Gasteiger partial charge on any atom is 0.347 e. The number of aryl methyl sites for hydroxylation is 1. The molecule has 0 aliphatic heterocycles. The van der Waals surface area contributed by atoms with Crippen molar-refractivity contribution in [3.63, 3.8) is 0 Å². The van der Waals surface area contributed by atoms with Crippen molar-refractivity contribution < 1.29 is 18.3 Å². The fourth-order valence-electron chi connectivity index (χ4n) is 1.88. The van der Waals surface area contributed by atoms with E-state index in [2.05, 4.69) is 9.71 Å². The van der Waals surface area contributed by atoms with Crippen LogP contribution in [0.3, 0.4) is 0 Å². The maximum absolute atomic E-state index is 12.5. The average molecular weight is 346 g/mol. The van der Waals surface area contributed by atoms with E-state index < -0.39 is 22.0 Å². The minimum atomic E-state index is -3.91. The van der Waals surface area contributed by atoms with Gasteiger partial charge in [0.15, 0.2) is 0 Å². The summed E-state index contributed by atoms with van der Waals surface area (Å²) in [5, 5.41) is 13.1. The highest BCUT2D eigenvalue weighted by Crippen LogP contribution is 2.29. The standard InChI is InChI=1S/C12H14N2O4S3/c1-3-8(11-13-4-5-19-11)14-21(17,18)10-7(2)6-20-9(10)12(15)16/h4-6,8,14H,3H2,1-2H3,(H,15,16). The van der Waals surface area contributed by atoms with E-state index in [1.807, 2.05) is 6.92 Å². The van der Waals surface area contributed by atoms with E-state index in [1.54, 1.807) is 18.5 Å². The highest BCUT2D eigenvalue weighted by Gasteiger charge is 2.29. The summed E-state index contributed by atoms with van der Waals surface area (Å²) < 4.78 is 27.6. The first-order chi connectivity index (χ1) is 9.86. The fourth-order valence-corrected chi connectivity index (χ4v) is 5.64. The van der Waals surface area contributed by atoms with Gasteiger partial charge in [0.05, 0.1) is 6.04 Å². The quantitative estimate of drug-likeness (QED) is 0.838. The van der Waals surface area contributed by atoms with E-state index in [0.717, 1.165) is 11.3 Å². The highest BCUT2D eigenvalue weighted by atomic mass is 32.2. The Morgan fingerprint density at radius 3 is 2.71 bits per heavy atom. The second kappa shape index (κ2) is 6.22. The fraction of sp³-hybridized carbons (Fsp3) is 0.333. The van der Waals surface area contributed by atoms with Gasteiger partial charge in [-0.1, -0.05) is 6.92 Å². The molecule has 6 nitrogen and oxygen atoms in total. The third-order valence-corrected chi connectivity index (χ3v) is 6.60. The zero-order chi connectivity index (χ0) is 15.6. The number of hydrogen-bond donors (Lipinski definition) is 2. The highest BCUT2D eigenvalue weighted by molar-refractivity contribution is 7.89. The van der Waals surface area contributed by atoms with Gasteiger partial charge in [-0.15, -0.1) is 22.7 Å². The largest absolute Gasteiger partial charge is 0.477 e. The van der Waals surface area contributed by atoms with E-state index >= 15 is 0 Å². The predicted molar refractivity (Wildman–Crippen MR) is 81.5 cm³/mol. The van der Waals surface area contributed by atoms with E-state index in [4.69, 9.17) is 5.11 Å². The normalized spacial score (nSPS) is 13.2. The first-order valence-corrected chi connectivity index (χ1v) is 9.34. The van der Waals surface area contributed by atoms with Crippen LogP contribution in [0.15, 0.2) is 21.9 Å². The molecule has 9 heteroatoms. The van der Waals surface area contributed by atoms with Gasteiger partial charge in [0, 0.05) is 11.6 Å². The number of carbonyl (C=O) groups is 1. The SMILES string of the molecule is CCC(NS(=O)(=O)c1c(C)csc1C(=O)O)c1nccs1. The number of thiazole rings is 1. The van der Waals surface area contributed by atoms with Crippen LogP contribution >= 0.6 is 22.7 Å². The second-order valence-electron chi connectivity index (χ2n) is 4.33. The van der Waals surface area contributed by atoms with Crippen molar-refractivity contribution >= 4 is 38.7 Å². The summed E-state index contributed by atoms with van der Waals surface area (Å²) in [6.45, 7) is 3.43. The van der Waals surface area contributed by atoms with Gasteiger partial charge in [-0.25, -0.2) is 22.9 Å². The van der Waals surface area contributed by atoms with Crippen LogP contribution in [0.1, 0.15) is 39.6 Å². The van der Waals surface area contributed by atoms with Crippen LogP contribution < -0.4 is 4.72 Å². The number of aromatic carboxylic acids is 1. The number of thiophene rings is 1. The Bertz CT molecular complexity index is 735. The summed E-state index contributed by atoms with van der Waals surface area (Å²) in [6.07, 6.45) is 2.13. The van der Waals surface area contributed by atoms with Gasteiger partial charge in [-0.2, -0.15) is 0 Å². The number of carboxylic acid groups (broad SMARTS) is 1. The van der Waals surface area contributed by atoms with Crippen LogP contribution in [0.2, 0.25) is 0 Å². The molecule has 0 aromatic carbocycles. The van der Waals surface area contributed by atoms with Gasteiger partial charge in [-0.3, -0.25) is 0 Å².